The number of hydrogen-bond donors (Lipinski definition) is 1. The molecule has 0 atom stereocenters. The molecule has 0 fully saturated rings. The van der Waals surface area contributed by atoms with E-state index in [1.807, 2.05) is 24.3 Å². The average Bonchev–Trinajstić information content (AvgIpc) is 3.43. The number of ether oxygens (including phenoxy) is 1. The van der Waals surface area contributed by atoms with Gasteiger partial charge in [-0.3, -0.25) is 4.79 Å². The van der Waals surface area contributed by atoms with Crippen LogP contribution in [0.5, 0.6) is 5.75 Å². The largest absolute Gasteiger partial charge is 0.497 e. The number of rotatable bonds is 7. The molecule has 0 saturated heterocycles. The summed E-state index contributed by atoms with van der Waals surface area (Å²) in [6, 6.07) is 14.2. The first-order valence-electron chi connectivity index (χ1n) is 11.2. The Morgan fingerprint density at radius 1 is 1.14 bits per heavy atom. The number of carbonyl (C=O) groups is 1. The SMILES string of the molecule is COc1ccc(S(=O)(=O)CCC(=O)Nc2sc3c(c2-c2nc4ccccc4s2)CCN(C)C3)cc1. The van der Waals surface area contributed by atoms with Crippen LogP contribution in [0.2, 0.25) is 0 Å². The summed E-state index contributed by atoms with van der Waals surface area (Å²) in [6.45, 7) is 1.76. The predicted molar refractivity (Wildman–Crippen MR) is 141 cm³/mol. The molecule has 2 aromatic carbocycles. The lowest BCUT2D eigenvalue weighted by Gasteiger charge is -2.22. The van der Waals surface area contributed by atoms with Crippen molar-refractivity contribution in [3.63, 3.8) is 0 Å². The van der Waals surface area contributed by atoms with E-state index in [4.69, 9.17) is 9.72 Å². The van der Waals surface area contributed by atoms with Crippen molar-refractivity contribution in [2.24, 2.45) is 0 Å². The number of nitrogens with zero attached hydrogens (tertiary/aromatic N) is 2. The molecule has 0 aliphatic carbocycles. The molecule has 1 aliphatic heterocycles. The Morgan fingerprint density at radius 2 is 1.91 bits per heavy atom. The summed E-state index contributed by atoms with van der Waals surface area (Å²) < 4.78 is 31.7. The van der Waals surface area contributed by atoms with Crippen LogP contribution in [0, 0.1) is 0 Å². The number of fused-ring (bicyclic) bond motifs is 2. The van der Waals surface area contributed by atoms with E-state index >= 15 is 0 Å². The Kier molecular flexibility index (Phi) is 6.63. The first-order valence-corrected chi connectivity index (χ1v) is 14.5. The van der Waals surface area contributed by atoms with E-state index in [1.165, 1.54) is 29.7 Å². The molecule has 2 aromatic heterocycles. The number of para-hydroxylation sites is 1. The van der Waals surface area contributed by atoms with Crippen molar-refractivity contribution in [2.45, 2.75) is 24.3 Å². The number of thiophene rings is 1. The average molecular weight is 528 g/mol. The van der Waals surface area contributed by atoms with Crippen LogP contribution < -0.4 is 10.1 Å². The van der Waals surface area contributed by atoms with Crippen molar-refractivity contribution < 1.29 is 17.9 Å². The van der Waals surface area contributed by atoms with E-state index < -0.39 is 9.84 Å². The van der Waals surface area contributed by atoms with Crippen molar-refractivity contribution in [2.75, 3.05) is 31.8 Å². The fourth-order valence-electron chi connectivity index (χ4n) is 4.14. The van der Waals surface area contributed by atoms with E-state index in [2.05, 4.69) is 17.3 Å². The van der Waals surface area contributed by atoms with Crippen LogP contribution in [0.1, 0.15) is 16.9 Å². The van der Waals surface area contributed by atoms with Gasteiger partial charge in [0, 0.05) is 30.0 Å². The molecule has 35 heavy (non-hydrogen) atoms. The summed E-state index contributed by atoms with van der Waals surface area (Å²) in [7, 11) is 0.0186. The first-order chi connectivity index (χ1) is 16.8. The Morgan fingerprint density at radius 3 is 2.66 bits per heavy atom. The van der Waals surface area contributed by atoms with E-state index in [0.29, 0.717) is 5.75 Å². The number of carbonyl (C=O) groups excluding carboxylic acids is 1. The second kappa shape index (κ2) is 9.69. The zero-order chi connectivity index (χ0) is 24.6. The number of methoxy groups -OCH3 is 1. The second-order valence-corrected chi connectivity index (χ2v) is 12.7. The molecule has 4 aromatic rings. The van der Waals surface area contributed by atoms with Gasteiger partial charge >= 0.3 is 0 Å². The number of sulfone groups is 1. The Balaban J connectivity index is 1.39. The summed E-state index contributed by atoms with van der Waals surface area (Å²) >= 11 is 3.17. The summed E-state index contributed by atoms with van der Waals surface area (Å²) in [6.07, 6.45) is 0.755. The van der Waals surface area contributed by atoms with Crippen LogP contribution in [0.3, 0.4) is 0 Å². The van der Waals surface area contributed by atoms with Crippen molar-refractivity contribution in [3.05, 3.63) is 59.0 Å². The molecule has 0 unspecified atom stereocenters. The lowest BCUT2D eigenvalue weighted by atomic mass is 10.0. The zero-order valence-electron chi connectivity index (χ0n) is 19.4. The lowest BCUT2D eigenvalue weighted by Crippen LogP contribution is -2.25. The topological polar surface area (TPSA) is 88.6 Å². The highest BCUT2D eigenvalue weighted by Gasteiger charge is 2.27. The van der Waals surface area contributed by atoms with Gasteiger partial charge in [0.25, 0.3) is 0 Å². The van der Waals surface area contributed by atoms with Crippen molar-refractivity contribution in [3.8, 4) is 16.3 Å². The van der Waals surface area contributed by atoms with E-state index in [9.17, 15) is 13.2 Å². The van der Waals surface area contributed by atoms with E-state index in [-0.39, 0.29) is 23.0 Å². The van der Waals surface area contributed by atoms with Gasteiger partial charge in [-0.2, -0.15) is 0 Å². The minimum absolute atomic E-state index is 0.129. The van der Waals surface area contributed by atoms with Crippen LogP contribution in [-0.4, -0.2) is 50.7 Å². The van der Waals surface area contributed by atoms with E-state index in [1.54, 1.807) is 34.8 Å². The normalized spacial score (nSPS) is 14.1. The molecular weight excluding hydrogens is 502 g/mol. The van der Waals surface area contributed by atoms with Crippen LogP contribution in [0.25, 0.3) is 20.8 Å². The Bertz CT molecular complexity index is 1460. The fraction of sp³-hybridized carbons (Fsp3) is 0.280. The van der Waals surface area contributed by atoms with Crippen LogP contribution >= 0.6 is 22.7 Å². The molecule has 182 valence electrons. The number of anilines is 1. The Labute approximate surface area is 212 Å². The number of thiazole rings is 1. The third-order valence-electron chi connectivity index (χ3n) is 6.02. The molecule has 0 saturated carbocycles. The molecular formula is C25H25N3O4S3. The summed E-state index contributed by atoms with van der Waals surface area (Å²) in [5.41, 5.74) is 3.14. The standard InChI is InChI=1S/C25H25N3O4S3/c1-28-13-11-18-21(15-28)34-25(23(18)24-26-19-5-3-4-6-20(19)33-24)27-22(29)12-14-35(30,31)17-9-7-16(32-2)8-10-17/h3-10H,11-15H2,1-2H3,(H,27,29). The maximum atomic E-state index is 12.9. The number of hydrogen-bond acceptors (Lipinski definition) is 8. The summed E-state index contributed by atoms with van der Waals surface area (Å²) in [4.78, 5) is 21.4. The molecule has 5 rings (SSSR count). The number of likely N-dealkylation sites (N-methyl/N-ethyl adjacent to an activating group) is 1. The minimum Gasteiger partial charge on any atom is -0.497 e. The maximum absolute atomic E-state index is 12.9. The van der Waals surface area contributed by atoms with Gasteiger partial charge in [-0.25, -0.2) is 13.4 Å². The molecule has 7 nitrogen and oxygen atoms in total. The second-order valence-electron chi connectivity index (χ2n) is 8.48. The van der Waals surface area contributed by atoms with Gasteiger partial charge < -0.3 is 15.0 Å². The highest BCUT2D eigenvalue weighted by atomic mass is 32.2. The highest BCUT2D eigenvalue weighted by Crippen LogP contribution is 2.45. The third-order valence-corrected chi connectivity index (χ3v) is 9.94. The van der Waals surface area contributed by atoms with Gasteiger partial charge in [-0.1, -0.05) is 12.1 Å². The van der Waals surface area contributed by atoms with Crippen molar-refractivity contribution in [1.29, 1.82) is 0 Å². The van der Waals surface area contributed by atoms with Gasteiger partial charge in [-0.05, 0) is 55.4 Å². The molecule has 0 bridgehead atoms. The molecule has 1 N–H and O–H groups in total. The smallest absolute Gasteiger partial charge is 0.226 e. The van der Waals surface area contributed by atoms with Gasteiger partial charge in [0.05, 0.1) is 28.0 Å². The van der Waals surface area contributed by atoms with Crippen LogP contribution in [0.15, 0.2) is 53.4 Å². The molecule has 3 heterocycles. The van der Waals surface area contributed by atoms with Crippen LogP contribution in [0.4, 0.5) is 5.00 Å². The van der Waals surface area contributed by atoms with Crippen molar-refractivity contribution >= 4 is 53.6 Å². The number of aromatic nitrogens is 1. The van der Waals surface area contributed by atoms with Crippen molar-refractivity contribution in [1.82, 2.24) is 9.88 Å². The fourth-order valence-corrected chi connectivity index (χ4v) is 7.84. The lowest BCUT2D eigenvalue weighted by molar-refractivity contribution is -0.115. The van der Waals surface area contributed by atoms with E-state index in [0.717, 1.165) is 45.3 Å². The molecule has 1 aliphatic rings. The van der Waals surface area contributed by atoms with Gasteiger partial charge in [0.2, 0.25) is 5.91 Å². The monoisotopic (exact) mass is 527 g/mol. The number of benzene rings is 2. The molecule has 0 radical (unpaired) electrons. The van der Waals surface area contributed by atoms with Gasteiger partial charge in [0.1, 0.15) is 15.8 Å². The third kappa shape index (κ3) is 4.97. The number of nitrogens with one attached hydrogen (secondary N) is 1. The summed E-state index contributed by atoms with van der Waals surface area (Å²) in [5, 5.41) is 4.64. The zero-order valence-corrected chi connectivity index (χ0v) is 21.9. The Hall–Kier alpha value is -2.79. The quantitative estimate of drug-likeness (QED) is 0.371. The number of amides is 1. The predicted octanol–water partition coefficient (Wildman–Crippen LogP) is 4.82. The first kappa shape index (κ1) is 23.9. The molecule has 0 spiro atoms. The molecule has 10 heteroatoms. The summed E-state index contributed by atoms with van der Waals surface area (Å²) in [5.74, 6) is -0.0112. The molecule has 1 amide bonds. The van der Waals surface area contributed by atoms with Crippen LogP contribution in [-0.2, 0) is 27.6 Å². The minimum atomic E-state index is -3.59. The van der Waals surface area contributed by atoms with Gasteiger partial charge in [-0.15, -0.1) is 22.7 Å². The highest BCUT2D eigenvalue weighted by molar-refractivity contribution is 7.91. The maximum Gasteiger partial charge on any atom is 0.226 e. The van der Waals surface area contributed by atoms with Gasteiger partial charge in [0.15, 0.2) is 9.84 Å².